The molecule has 2 fully saturated rings. The van der Waals surface area contributed by atoms with Crippen LogP contribution in [0.1, 0.15) is 45.5 Å². The molecule has 0 spiro atoms. The number of rotatable bonds is 6. The Morgan fingerprint density at radius 2 is 1.26 bits per heavy atom. The van der Waals surface area contributed by atoms with Gasteiger partial charge >= 0.3 is 12.4 Å². The molecule has 3 aromatic rings. The van der Waals surface area contributed by atoms with Crippen LogP contribution in [0.2, 0.25) is 0 Å². The molecule has 2 saturated heterocycles. The molecule has 2 heterocycles. The molecule has 3 aromatic carbocycles. The van der Waals surface area contributed by atoms with E-state index in [0.717, 1.165) is 38.3 Å². The minimum atomic E-state index is -5.02. The van der Waals surface area contributed by atoms with Crippen molar-refractivity contribution in [3.05, 3.63) is 107 Å². The molecule has 2 atom stereocenters. The summed E-state index contributed by atoms with van der Waals surface area (Å²) in [4.78, 5) is 19.9. The van der Waals surface area contributed by atoms with Crippen LogP contribution in [0.5, 0.6) is 0 Å². The smallest absolute Gasteiger partial charge is 0.335 e. The van der Waals surface area contributed by atoms with E-state index in [0.29, 0.717) is 31.4 Å². The van der Waals surface area contributed by atoms with Gasteiger partial charge in [0.1, 0.15) is 0 Å². The lowest BCUT2D eigenvalue weighted by atomic mass is 9.90. The Labute approximate surface area is 241 Å². The summed E-state index contributed by atoms with van der Waals surface area (Å²) in [5.41, 5.74) is -1.35. The first-order chi connectivity index (χ1) is 20.0. The van der Waals surface area contributed by atoms with Crippen LogP contribution < -0.4 is 0 Å². The van der Waals surface area contributed by atoms with Crippen molar-refractivity contribution < 1.29 is 31.1 Å². The first-order valence-electron chi connectivity index (χ1n) is 14.1. The Balaban J connectivity index is 1.34. The second-order valence-corrected chi connectivity index (χ2v) is 11.1. The van der Waals surface area contributed by atoms with Crippen molar-refractivity contribution in [2.75, 3.05) is 32.7 Å². The molecular formula is C32H33F6N3O. The summed E-state index contributed by atoms with van der Waals surface area (Å²) < 4.78 is 81.1. The third-order valence-electron chi connectivity index (χ3n) is 8.27. The molecule has 4 nitrogen and oxygen atoms in total. The second kappa shape index (κ2) is 12.5. The van der Waals surface area contributed by atoms with Gasteiger partial charge in [0.15, 0.2) is 0 Å². The van der Waals surface area contributed by atoms with Crippen molar-refractivity contribution in [1.29, 1.82) is 0 Å². The van der Waals surface area contributed by atoms with E-state index in [1.165, 1.54) is 10.5 Å². The Bertz CT molecular complexity index is 1310. The Morgan fingerprint density at radius 1 is 0.714 bits per heavy atom. The summed E-state index contributed by atoms with van der Waals surface area (Å²) in [6.07, 6.45) is -8.39. The quantitative estimate of drug-likeness (QED) is 0.298. The highest BCUT2D eigenvalue weighted by molar-refractivity contribution is 5.95. The number of likely N-dealkylation sites (tertiary alicyclic amines) is 1. The lowest BCUT2D eigenvalue weighted by Crippen LogP contribution is -2.56. The van der Waals surface area contributed by atoms with Crippen LogP contribution in [-0.2, 0) is 25.3 Å². The first kappa shape index (κ1) is 30.1. The van der Waals surface area contributed by atoms with Crippen molar-refractivity contribution in [2.45, 2.75) is 50.2 Å². The number of hydrogen-bond acceptors (Lipinski definition) is 3. The van der Waals surface area contributed by atoms with Gasteiger partial charge in [0.2, 0.25) is 0 Å². The van der Waals surface area contributed by atoms with Gasteiger partial charge in [0.05, 0.1) is 11.1 Å². The molecule has 2 aliphatic heterocycles. The van der Waals surface area contributed by atoms with E-state index in [1.807, 2.05) is 48.5 Å². The molecule has 0 unspecified atom stereocenters. The van der Waals surface area contributed by atoms with Gasteiger partial charge in [-0.25, -0.2) is 0 Å². The fraction of sp³-hybridized carbons (Fsp3) is 0.406. The molecule has 0 aliphatic carbocycles. The molecule has 42 heavy (non-hydrogen) atoms. The number of piperazine rings is 1. The molecule has 5 rings (SSSR count). The predicted molar refractivity (Wildman–Crippen MR) is 148 cm³/mol. The fourth-order valence-corrected chi connectivity index (χ4v) is 6.08. The highest BCUT2D eigenvalue weighted by Crippen LogP contribution is 2.37. The van der Waals surface area contributed by atoms with Crippen LogP contribution in [0.25, 0.3) is 0 Å². The summed E-state index contributed by atoms with van der Waals surface area (Å²) in [7, 11) is 0. The van der Waals surface area contributed by atoms with E-state index in [2.05, 4.69) is 21.9 Å². The van der Waals surface area contributed by atoms with Gasteiger partial charge in [-0.05, 0) is 48.6 Å². The van der Waals surface area contributed by atoms with E-state index < -0.39 is 35.0 Å². The predicted octanol–water partition coefficient (Wildman–Crippen LogP) is 6.76. The van der Waals surface area contributed by atoms with Crippen molar-refractivity contribution in [1.82, 2.24) is 14.7 Å². The third-order valence-corrected chi connectivity index (χ3v) is 8.27. The minimum Gasteiger partial charge on any atom is -0.335 e. The lowest BCUT2D eigenvalue weighted by Gasteiger charge is -2.46. The van der Waals surface area contributed by atoms with Crippen LogP contribution in [0.4, 0.5) is 26.3 Å². The second-order valence-electron chi connectivity index (χ2n) is 11.1. The molecular weight excluding hydrogens is 556 g/mol. The average molecular weight is 590 g/mol. The number of hydrogen-bond donors (Lipinski definition) is 0. The highest BCUT2D eigenvalue weighted by atomic mass is 19.4. The topological polar surface area (TPSA) is 26.8 Å². The molecule has 0 bridgehead atoms. The molecule has 1 amide bonds. The highest BCUT2D eigenvalue weighted by Gasteiger charge is 2.40. The van der Waals surface area contributed by atoms with Gasteiger partial charge in [-0.15, -0.1) is 0 Å². The Hall–Kier alpha value is -3.37. The number of amides is 1. The van der Waals surface area contributed by atoms with E-state index >= 15 is 0 Å². The van der Waals surface area contributed by atoms with Crippen LogP contribution in [0.15, 0.2) is 78.9 Å². The summed E-state index contributed by atoms with van der Waals surface area (Å²) in [5.74, 6) is -0.807. The maximum atomic E-state index is 13.6. The molecule has 0 saturated carbocycles. The van der Waals surface area contributed by atoms with E-state index in [4.69, 9.17) is 0 Å². The number of benzene rings is 3. The zero-order valence-electron chi connectivity index (χ0n) is 23.0. The fourth-order valence-electron chi connectivity index (χ4n) is 6.08. The number of carbonyl (C=O) groups excluding carboxylic acids is 1. The Morgan fingerprint density at radius 3 is 1.81 bits per heavy atom. The molecule has 0 N–H and O–H groups in total. The van der Waals surface area contributed by atoms with Gasteiger partial charge in [-0.3, -0.25) is 14.6 Å². The zero-order chi connectivity index (χ0) is 29.9. The molecule has 10 heteroatoms. The van der Waals surface area contributed by atoms with Crippen molar-refractivity contribution in [2.24, 2.45) is 0 Å². The lowest BCUT2D eigenvalue weighted by molar-refractivity contribution is -0.143. The number of nitrogens with zero attached hydrogens (tertiary/aromatic N) is 3. The van der Waals surface area contributed by atoms with Crippen LogP contribution >= 0.6 is 0 Å². The van der Waals surface area contributed by atoms with Gasteiger partial charge in [-0.2, -0.15) is 26.3 Å². The first-order valence-corrected chi connectivity index (χ1v) is 14.1. The van der Waals surface area contributed by atoms with Crippen LogP contribution in [-0.4, -0.2) is 65.4 Å². The number of alkyl halides is 6. The number of piperidine rings is 1. The molecule has 0 radical (unpaired) electrons. The maximum Gasteiger partial charge on any atom is 0.416 e. The standard InChI is InChI=1S/C32H33F6N3O/c33-31(34,35)26-18-25(19-27(20-26)32(36,37)38)30(42)41-12-11-28(21-29(41)17-23-7-3-1-4-8-23)40-15-13-39(14-16-40)22-24-9-5-2-6-10-24/h1-10,18-20,28-29H,11-17,21-22H2/t28-,29+/m0/s1. The average Bonchev–Trinajstić information content (AvgIpc) is 2.97. The van der Waals surface area contributed by atoms with Gasteiger partial charge < -0.3 is 4.90 Å². The maximum absolute atomic E-state index is 13.6. The van der Waals surface area contributed by atoms with E-state index in [9.17, 15) is 31.1 Å². The molecule has 224 valence electrons. The van der Waals surface area contributed by atoms with Gasteiger partial charge in [0.25, 0.3) is 5.91 Å². The summed E-state index contributed by atoms with van der Waals surface area (Å²) in [5, 5.41) is 0. The number of carbonyl (C=O) groups is 1. The van der Waals surface area contributed by atoms with Crippen molar-refractivity contribution in [3.8, 4) is 0 Å². The summed E-state index contributed by atoms with van der Waals surface area (Å²) in [6, 6.07) is 20.6. The largest absolute Gasteiger partial charge is 0.416 e. The number of halogens is 6. The van der Waals surface area contributed by atoms with Crippen molar-refractivity contribution >= 4 is 5.91 Å². The summed E-state index contributed by atoms with van der Waals surface area (Å²) in [6.45, 7) is 4.61. The minimum absolute atomic E-state index is 0.0574. The van der Waals surface area contributed by atoms with Crippen molar-refractivity contribution in [3.63, 3.8) is 0 Å². The monoisotopic (exact) mass is 589 g/mol. The zero-order valence-corrected chi connectivity index (χ0v) is 23.0. The van der Waals surface area contributed by atoms with E-state index in [-0.39, 0.29) is 24.7 Å². The Kier molecular flexibility index (Phi) is 8.94. The molecule has 2 aliphatic rings. The third kappa shape index (κ3) is 7.33. The van der Waals surface area contributed by atoms with Crippen LogP contribution in [0.3, 0.4) is 0 Å². The molecule has 0 aromatic heterocycles. The SMILES string of the molecule is O=C(c1cc(C(F)(F)F)cc(C(F)(F)F)c1)N1CC[C@H](N2CCN(Cc3ccccc3)CC2)C[C@H]1Cc1ccccc1. The van der Waals surface area contributed by atoms with Gasteiger partial charge in [0, 0.05) is 56.9 Å². The summed E-state index contributed by atoms with van der Waals surface area (Å²) >= 11 is 0. The van der Waals surface area contributed by atoms with Crippen LogP contribution in [0, 0.1) is 0 Å². The van der Waals surface area contributed by atoms with E-state index in [1.54, 1.807) is 0 Å². The normalized spacial score (nSPS) is 21.0. The van der Waals surface area contributed by atoms with Gasteiger partial charge in [-0.1, -0.05) is 60.7 Å².